The number of primary amides is 1. The summed E-state index contributed by atoms with van der Waals surface area (Å²) in [5.41, 5.74) is 7.97. The molecule has 7 heteroatoms. The Labute approximate surface area is 175 Å². The van der Waals surface area contributed by atoms with Crippen LogP contribution in [-0.4, -0.2) is 56.7 Å². The van der Waals surface area contributed by atoms with Gasteiger partial charge < -0.3 is 21.1 Å². The number of piperidine rings is 1. The number of benzene rings is 1. The van der Waals surface area contributed by atoms with Crippen molar-refractivity contribution in [2.75, 3.05) is 39.9 Å². The van der Waals surface area contributed by atoms with Gasteiger partial charge in [-0.25, -0.2) is 0 Å². The quantitative estimate of drug-likeness (QED) is 0.298. The highest BCUT2D eigenvalue weighted by Crippen LogP contribution is 2.18. The van der Waals surface area contributed by atoms with Crippen LogP contribution < -0.4 is 16.4 Å². The Hall–Kier alpha value is -2.12. The summed E-state index contributed by atoms with van der Waals surface area (Å²) in [6, 6.07) is 8.57. The van der Waals surface area contributed by atoms with Gasteiger partial charge >= 0.3 is 0 Å². The highest BCUT2D eigenvalue weighted by molar-refractivity contribution is 5.79. The number of nitrogens with two attached hydrogens (primary N) is 1. The molecule has 0 aliphatic carbocycles. The first-order chi connectivity index (χ1) is 14.1. The van der Waals surface area contributed by atoms with Crippen molar-refractivity contribution in [3.8, 4) is 0 Å². The molecule has 1 unspecified atom stereocenters. The summed E-state index contributed by atoms with van der Waals surface area (Å²) >= 11 is 0. The lowest BCUT2D eigenvalue weighted by Crippen LogP contribution is -2.40. The lowest BCUT2D eigenvalue weighted by atomic mass is 9.97. The molecule has 0 bridgehead atoms. The van der Waals surface area contributed by atoms with E-state index >= 15 is 0 Å². The standard InChI is InChI=1S/C22H37N5O2/c1-3-29-13-5-4-11-25-22(24-2)26-15-18-8-6-9-19(14-18)16-27-12-7-10-20(17-27)21(23)28/h6,8-9,14,20H,3-5,7,10-13,15-17H2,1-2H3,(H2,23,28)(H2,24,25,26). The number of guanidine groups is 1. The van der Waals surface area contributed by atoms with Gasteiger partial charge in [-0.3, -0.25) is 14.7 Å². The van der Waals surface area contributed by atoms with Gasteiger partial charge in [0.15, 0.2) is 5.96 Å². The Kier molecular flexibility index (Phi) is 10.5. The van der Waals surface area contributed by atoms with E-state index in [4.69, 9.17) is 10.5 Å². The van der Waals surface area contributed by atoms with Gasteiger partial charge in [0.25, 0.3) is 0 Å². The summed E-state index contributed by atoms with van der Waals surface area (Å²) < 4.78 is 5.36. The maximum Gasteiger partial charge on any atom is 0.221 e. The minimum Gasteiger partial charge on any atom is -0.382 e. The Morgan fingerprint density at radius 1 is 1.31 bits per heavy atom. The molecule has 1 aliphatic rings. The molecule has 0 aromatic heterocycles. The van der Waals surface area contributed by atoms with Crippen LogP contribution in [0.3, 0.4) is 0 Å². The predicted molar refractivity (Wildman–Crippen MR) is 118 cm³/mol. The smallest absolute Gasteiger partial charge is 0.221 e. The molecule has 1 heterocycles. The number of aliphatic imine (C=N–C) groups is 1. The van der Waals surface area contributed by atoms with Gasteiger partial charge in [-0.15, -0.1) is 0 Å². The molecule has 1 aliphatic heterocycles. The van der Waals surface area contributed by atoms with Crippen LogP contribution in [0.5, 0.6) is 0 Å². The van der Waals surface area contributed by atoms with Crippen LogP contribution in [0, 0.1) is 5.92 Å². The second-order valence-corrected chi connectivity index (χ2v) is 7.55. The molecule has 1 fully saturated rings. The maximum atomic E-state index is 11.5. The fourth-order valence-electron chi connectivity index (χ4n) is 3.61. The van der Waals surface area contributed by atoms with E-state index in [1.807, 2.05) is 6.92 Å². The van der Waals surface area contributed by atoms with E-state index in [9.17, 15) is 4.79 Å². The largest absolute Gasteiger partial charge is 0.382 e. The van der Waals surface area contributed by atoms with E-state index in [1.165, 1.54) is 11.1 Å². The van der Waals surface area contributed by atoms with Gasteiger partial charge in [-0.05, 0) is 50.3 Å². The Balaban J connectivity index is 1.76. The van der Waals surface area contributed by atoms with Crippen LogP contribution in [0.15, 0.2) is 29.3 Å². The third-order valence-electron chi connectivity index (χ3n) is 5.20. The van der Waals surface area contributed by atoms with Crippen LogP contribution in [0.4, 0.5) is 0 Å². The minimum atomic E-state index is -0.176. The summed E-state index contributed by atoms with van der Waals surface area (Å²) in [6.07, 6.45) is 4.04. The summed E-state index contributed by atoms with van der Waals surface area (Å²) in [7, 11) is 1.79. The summed E-state index contributed by atoms with van der Waals surface area (Å²) in [4.78, 5) is 18.1. The zero-order valence-electron chi connectivity index (χ0n) is 18.0. The van der Waals surface area contributed by atoms with Gasteiger partial charge in [-0.2, -0.15) is 0 Å². The second-order valence-electron chi connectivity index (χ2n) is 7.55. The molecular formula is C22H37N5O2. The number of unbranched alkanes of at least 4 members (excludes halogenated alkanes) is 1. The van der Waals surface area contributed by atoms with Gasteiger partial charge in [0.05, 0.1) is 5.92 Å². The SMILES string of the molecule is CCOCCCCNC(=NC)NCc1cccc(CN2CCCC(C(N)=O)C2)c1. The number of nitrogens with zero attached hydrogens (tertiary/aromatic N) is 2. The van der Waals surface area contributed by atoms with Crippen molar-refractivity contribution in [2.24, 2.45) is 16.6 Å². The molecule has 1 saturated heterocycles. The summed E-state index contributed by atoms with van der Waals surface area (Å²) in [6.45, 7) is 7.84. The van der Waals surface area contributed by atoms with Crippen molar-refractivity contribution in [1.29, 1.82) is 0 Å². The molecule has 7 nitrogen and oxygen atoms in total. The Morgan fingerprint density at radius 3 is 2.90 bits per heavy atom. The average Bonchev–Trinajstić information content (AvgIpc) is 2.73. The van der Waals surface area contributed by atoms with Crippen LogP contribution in [0.1, 0.15) is 43.7 Å². The molecule has 29 heavy (non-hydrogen) atoms. The fourth-order valence-corrected chi connectivity index (χ4v) is 3.61. The van der Waals surface area contributed by atoms with Crippen LogP contribution in [0.25, 0.3) is 0 Å². The Morgan fingerprint density at radius 2 is 2.14 bits per heavy atom. The number of carbonyl (C=O) groups is 1. The maximum absolute atomic E-state index is 11.5. The number of amides is 1. The first kappa shape index (κ1) is 23.2. The molecule has 0 saturated carbocycles. The Bertz CT molecular complexity index is 650. The molecule has 162 valence electrons. The van der Waals surface area contributed by atoms with Crippen molar-refractivity contribution in [3.05, 3.63) is 35.4 Å². The topological polar surface area (TPSA) is 92.0 Å². The normalized spacial score (nSPS) is 17.9. The minimum absolute atomic E-state index is 0.0171. The van der Waals surface area contributed by atoms with Crippen LogP contribution in [0.2, 0.25) is 0 Å². The second kappa shape index (κ2) is 13.2. The summed E-state index contributed by atoms with van der Waals surface area (Å²) in [5.74, 6) is 0.619. The van der Waals surface area contributed by atoms with E-state index in [2.05, 4.69) is 44.8 Å². The van der Waals surface area contributed by atoms with E-state index < -0.39 is 0 Å². The average molecular weight is 404 g/mol. The summed E-state index contributed by atoms with van der Waals surface area (Å²) in [5, 5.41) is 6.72. The van der Waals surface area contributed by atoms with Gasteiger partial charge in [0.2, 0.25) is 5.91 Å². The third-order valence-corrected chi connectivity index (χ3v) is 5.20. The van der Waals surface area contributed by atoms with E-state index in [-0.39, 0.29) is 11.8 Å². The lowest BCUT2D eigenvalue weighted by molar-refractivity contribution is -0.123. The molecule has 1 amide bonds. The number of nitrogens with one attached hydrogen (secondary N) is 2. The predicted octanol–water partition coefficient (Wildman–Crippen LogP) is 1.87. The lowest BCUT2D eigenvalue weighted by Gasteiger charge is -2.31. The van der Waals surface area contributed by atoms with Crippen molar-refractivity contribution < 1.29 is 9.53 Å². The highest BCUT2D eigenvalue weighted by atomic mass is 16.5. The van der Waals surface area contributed by atoms with Crippen LogP contribution >= 0.6 is 0 Å². The van der Waals surface area contributed by atoms with Crippen molar-refractivity contribution in [1.82, 2.24) is 15.5 Å². The van der Waals surface area contributed by atoms with Crippen molar-refractivity contribution in [3.63, 3.8) is 0 Å². The molecular weight excluding hydrogens is 366 g/mol. The van der Waals surface area contributed by atoms with Gasteiger partial charge in [-0.1, -0.05) is 24.3 Å². The zero-order chi connectivity index (χ0) is 20.9. The zero-order valence-corrected chi connectivity index (χ0v) is 18.0. The monoisotopic (exact) mass is 403 g/mol. The molecule has 4 N–H and O–H groups in total. The first-order valence-electron chi connectivity index (χ1n) is 10.7. The molecule has 2 rings (SSSR count). The molecule has 1 atom stereocenters. The van der Waals surface area contributed by atoms with Gasteiger partial charge in [0.1, 0.15) is 0 Å². The van der Waals surface area contributed by atoms with E-state index in [0.717, 1.165) is 77.6 Å². The fraction of sp³-hybridized carbons (Fsp3) is 0.636. The molecule has 1 aromatic rings. The number of ether oxygens (including phenoxy) is 1. The van der Waals surface area contributed by atoms with E-state index in [1.54, 1.807) is 7.05 Å². The first-order valence-corrected chi connectivity index (χ1v) is 10.7. The highest BCUT2D eigenvalue weighted by Gasteiger charge is 2.23. The number of carbonyl (C=O) groups excluding carboxylic acids is 1. The molecule has 0 radical (unpaired) electrons. The van der Waals surface area contributed by atoms with Crippen molar-refractivity contribution >= 4 is 11.9 Å². The third kappa shape index (κ3) is 8.83. The number of hydrogen-bond acceptors (Lipinski definition) is 4. The molecule has 0 spiro atoms. The number of hydrogen-bond donors (Lipinski definition) is 3. The number of likely N-dealkylation sites (tertiary alicyclic amines) is 1. The van der Waals surface area contributed by atoms with E-state index in [0.29, 0.717) is 0 Å². The van der Waals surface area contributed by atoms with Crippen molar-refractivity contribution in [2.45, 2.75) is 45.7 Å². The molecule has 1 aromatic carbocycles. The van der Waals surface area contributed by atoms with Gasteiger partial charge in [0, 0.05) is 46.4 Å². The van der Waals surface area contributed by atoms with Crippen LogP contribution in [-0.2, 0) is 22.6 Å². The number of rotatable bonds is 11.